The molecule has 5 heteroatoms. The number of nitrogens with two attached hydrogens (primary N) is 1. The van der Waals surface area contributed by atoms with Gasteiger partial charge in [-0.1, -0.05) is 5.21 Å². The Kier molecular flexibility index (Phi) is 2.56. The Morgan fingerprint density at radius 3 is 2.54 bits per heavy atom. The van der Waals surface area contributed by atoms with Crippen LogP contribution in [0.3, 0.4) is 0 Å². The molecule has 13 heavy (non-hydrogen) atoms. The van der Waals surface area contributed by atoms with Crippen LogP contribution in [0.15, 0.2) is 0 Å². The van der Waals surface area contributed by atoms with Crippen LogP contribution in [0.5, 0.6) is 0 Å². The average Bonchev–Trinajstić information content (AvgIpc) is 2.36. The molecular weight excluding hydrogens is 168 g/mol. The van der Waals surface area contributed by atoms with Gasteiger partial charge in [-0.25, -0.2) is 4.68 Å². The molecule has 0 amide bonds. The smallest absolute Gasteiger partial charge is 0.168 e. The second-order valence-corrected chi connectivity index (χ2v) is 3.68. The lowest BCUT2D eigenvalue weighted by atomic mass is 10.1. The normalized spacial score (nSPS) is 12.0. The molecule has 74 valence electrons. The number of nitrogens with zero attached hydrogens (tertiary/aromatic N) is 3. The third kappa shape index (κ3) is 2.18. The number of methoxy groups -OCH3 is 1. The molecule has 0 bridgehead atoms. The molecular formula is C8H16N4O. The number of ether oxygens (including phenoxy) is 1. The van der Waals surface area contributed by atoms with Crippen molar-refractivity contribution in [3.8, 4) is 0 Å². The molecule has 0 radical (unpaired) electrons. The summed E-state index contributed by atoms with van der Waals surface area (Å²) in [6, 6.07) is 0. The number of rotatable bonds is 3. The molecule has 0 saturated heterocycles. The molecule has 1 aromatic heterocycles. The van der Waals surface area contributed by atoms with E-state index in [1.807, 2.05) is 20.8 Å². The van der Waals surface area contributed by atoms with Gasteiger partial charge in [0, 0.05) is 7.11 Å². The molecule has 0 aliphatic carbocycles. The van der Waals surface area contributed by atoms with Crippen LogP contribution in [0, 0.1) is 6.92 Å². The minimum atomic E-state index is -0.245. The lowest BCUT2D eigenvalue weighted by molar-refractivity contribution is 0.00455. The zero-order chi connectivity index (χ0) is 10.1. The van der Waals surface area contributed by atoms with Gasteiger partial charge in [0.05, 0.1) is 17.8 Å². The Labute approximate surface area is 77.9 Å². The van der Waals surface area contributed by atoms with E-state index in [0.717, 1.165) is 5.69 Å². The third-order valence-electron chi connectivity index (χ3n) is 2.10. The summed E-state index contributed by atoms with van der Waals surface area (Å²) in [5.41, 5.74) is 6.20. The summed E-state index contributed by atoms with van der Waals surface area (Å²) >= 11 is 0. The second kappa shape index (κ2) is 3.33. The number of hydrogen-bond acceptors (Lipinski definition) is 4. The zero-order valence-corrected chi connectivity index (χ0v) is 8.53. The van der Waals surface area contributed by atoms with Crippen molar-refractivity contribution in [1.82, 2.24) is 15.0 Å². The summed E-state index contributed by atoms with van der Waals surface area (Å²) < 4.78 is 7.03. The van der Waals surface area contributed by atoms with Gasteiger partial charge in [0.25, 0.3) is 0 Å². The number of aromatic nitrogens is 3. The molecule has 1 aromatic rings. The molecule has 1 rings (SSSR count). The van der Waals surface area contributed by atoms with Gasteiger partial charge in [0.1, 0.15) is 0 Å². The van der Waals surface area contributed by atoms with Crippen molar-refractivity contribution in [3.05, 3.63) is 5.69 Å². The highest BCUT2D eigenvalue weighted by Crippen LogP contribution is 2.13. The Hall–Kier alpha value is -1.10. The van der Waals surface area contributed by atoms with Crippen LogP contribution >= 0.6 is 0 Å². The van der Waals surface area contributed by atoms with E-state index in [2.05, 4.69) is 10.3 Å². The van der Waals surface area contributed by atoms with Gasteiger partial charge in [0.15, 0.2) is 5.82 Å². The summed E-state index contributed by atoms with van der Waals surface area (Å²) in [5, 5.41) is 7.68. The van der Waals surface area contributed by atoms with E-state index in [9.17, 15) is 0 Å². The number of anilines is 1. The van der Waals surface area contributed by atoms with E-state index >= 15 is 0 Å². The molecule has 0 aliphatic rings. The van der Waals surface area contributed by atoms with Crippen LogP contribution < -0.4 is 5.73 Å². The monoisotopic (exact) mass is 184 g/mol. The lowest BCUT2D eigenvalue weighted by Crippen LogP contribution is -2.30. The van der Waals surface area contributed by atoms with Crippen LogP contribution in [0.2, 0.25) is 0 Å². The highest BCUT2D eigenvalue weighted by molar-refractivity contribution is 5.31. The average molecular weight is 184 g/mol. The van der Waals surface area contributed by atoms with E-state index < -0.39 is 0 Å². The van der Waals surface area contributed by atoms with E-state index in [1.54, 1.807) is 11.8 Å². The molecule has 0 atom stereocenters. The Morgan fingerprint density at radius 2 is 2.15 bits per heavy atom. The van der Waals surface area contributed by atoms with Gasteiger partial charge >= 0.3 is 0 Å². The number of nitrogen functional groups attached to an aromatic ring is 1. The molecule has 0 aromatic carbocycles. The quantitative estimate of drug-likeness (QED) is 0.746. The Bertz CT molecular complexity index is 292. The van der Waals surface area contributed by atoms with Crippen LogP contribution in [-0.4, -0.2) is 27.7 Å². The minimum absolute atomic E-state index is 0.245. The van der Waals surface area contributed by atoms with E-state index in [1.165, 1.54) is 0 Å². The van der Waals surface area contributed by atoms with Gasteiger partial charge in [-0.15, -0.1) is 5.10 Å². The summed E-state index contributed by atoms with van der Waals surface area (Å²) in [7, 11) is 1.68. The van der Waals surface area contributed by atoms with Gasteiger partial charge in [-0.3, -0.25) is 0 Å². The maximum absolute atomic E-state index is 5.57. The van der Waals surface area contributed by atoms with Crippen molar-refractivity contribution < 1.29 is 4.74 Å². The predicted molar refractivity (Wildman–Crippen MR) is 50.3 cm³/mol. The molecule has 0 fully saturated rings. The Balaban J connectivity index is 2.80. The predicted octanol–water partition coefficient (Wildman–Crippen LogP) is 0.594. The fourth-order valence-electron chi connectivity index (χ4n) is 0.949. The summed E-state index contributed by atoms with van der Waals surface area (Å²) in [6.07, 6.45) is 0. The fraction of sp³-hybridized carbons (Fsp3) is 0.750. The first kappa shape index (κ1) is 9.98. The van der Waals surface area contributed by atoms with E-state index in [4.69, 9.17) is 10.5 Å². The standard InChI is InChI=1S/C8H16N4O/c1-6-7(9)10-11-12(6)5-8(2,3)13-4/h5,9H2,1-4H3. The minimum Gasteiger partial charge on any atom is -0.381 e. The molecule has 0 unspecified atom stereocenters. The van der Waals surface area contributed by atoms with Crippen LogP contribution in [0.1, 0.15) is 19.5 Å². The topological polar surface area (TPSA) is 66.0 Å². The van der Waals surface area contributed by atoms with Gasteiger partial charge < -0.3 is 10.5 Å². The molecule has 5 nitrogen and oxygen atoms in total. The van der Waals surface area contributed by atoms with Crippen molar-refractivity contribution in [2.45, 2.75) is 32.9 Å². The summed E-state index contributed by atoms with van der Waals surface area (Å²) in [4.78, 5) is 0. The van der Waals surface area contributed by atoms with Gasteiger partial charge in [-0.2, -0.15) is 0 Å². The van der Waals surface area contributed by atoms with Crippen molar-refractivity contribution >= 4 is 5.82 Å². The lowest BCUT2D eigenvalue weighted by Gasteiger charge is -2.22. The SMILES string of the molecule is COC(C)(C)Cn1nnc(N)c1C. The van der Waals surface area contributed by atoms with Crippen molar-refractivity contribution in [1.29, 1.82) is 0 Å². The second-order valence-electron chi connectivity index (χ2n) is 3.68. The van der Waals surface area contributed by atoms with E-state index in [0.29, 0.717) is 12.4 Å². The molecule has 1 heterocycles. The number of hydrogen-bond donors (Lipinski definition) is 1. The van der Waals surface area contributed by atoms with Crippen molar-refractivity contribution in [2.75, 3.05) is 12.8 Å². The molecule has 0 aliphatic heterocycles. The maximum Gasteiger partial charge on any atom is 0.168 e. The summed E-state index contributed by atoms with van der Waals surface area (Å²) in [6.45, 7) is 6.52. The molecule has 0 saturated carbocycles. The fourth-order valence-corrected chi connectivity index (χ4v) is 0.949. The molecule has 0 spiro atoms. The third-order valence-corrected chi connectivity index (χ3v) is 2.10. The largest absolute Gasteiger partial charge is 0.381 e. The highest BCUT2D eigenvalue weighted by Gasteiger charge is 2.19. The Morgan fingerprint density at radius 1 is 1.54 bits per heavy atom. The highest BCUT2D eigenvalue weighted by atomic mass is 16.5. The van der Waals surface area contributed by atoms with E-state index in [-0.39, 0.29) is 5.60 Å². The van der Waals surface area contributed by atoms with Crippen LogP contribution in [-0.2, 0) is 11.3 Å². The first-order valence-corrected chi connectivity index (χ1v) is 4.17. The van der Waals surface area contributed by atoms with Crippen LogP contribution in [0.25, 0.3) is 0 Å². The molecule has 2 N–H and O–H groups in total. The van der Waals surface area contributed by atoms with Crippen LogP contribution in [0.4, 0.5) is 5.82 Å². The first-order valence-electron chi connectivity index (χ1n) is 4.17. The maximum atomic E-state index is 5.57. The van der Waals surface area contributed by atoms with Crippen molar-refractivity contribution in [2.24, 2.45) is 0 Å². The van der Waals surface area contributed by atoms with Crippen molar-refractivity contribution in [3.63, 3.8) is 0 Å². The van der Waals surface area contributed by atoms with Gasteiger partial charge in [0.2, 0.25) is 0 Å². The zero-order valence-electron chi connectivity index (χ0n) is 8.53. The first-order chi connectivity index (χ1) is 5.96. The van der Waals surface area contributed by atoms with Gasteiger partial charge in [-0.05, 0) is 20.8 Å². The summed E-state index contributed by atoms with van der Waals surface area (Å²) in [5.74, 6) is 0.479.